The number of aliphatic hydroxyl groups is 1. The van der Waals surface area contributed by atoms with Crippen molar-refractivity contribution in [3.8, 4) is 0 Å². The Balaban J connectivity index is 1.70. The number of amides is 2. The second kappa shape index (κ2) is 8.26. The van der Waals surface area contributed by atoms with Crippen molar-refractivity contribution in [2.45, 2.75) is 38.3 Å². The third kappa shape index (κ3) is 5.48. The molecule has 2 N–H and O–H groups in total. The number of halogens is 2. The van der Waals surface area contributed by atoms with Crippen LogP contribution < -0.4 is 5.32 Å². The molecule has 23 heavy (non-hydrogen) atoms. The number of likely N-dealkylation sites (tertiary alicyclic amines) is 1. The van der Waals surface area contributed by atoms with Gasteiger partial charge in [-0.15, -0.1) is 0 Å². The Hall–Kier alpha value is -1.66. The van der Waals surface area contributed by atoms with Crippen molar-refractivity contribution >= 4 is 23.4 Å². The van der Waals surface area contributed by atoms with Gasteiger partial charge in [0.15, 0.2) is 0 Å². The van der Waals surface area contributed by atoms with Crippen LogP contribution in [0.3, 0.4) is 0 Å². The van der Waals surface area contributed by atoms with E-state index in [-0.39, 0.29) is 42.3 Å². The van der Waals surface area contributed by atoms with Gasteiger partial charge in [0.05, 0.1) is 11.1 Å². The van der Waals surface area contributed by atoms with Crippen LogP contribution in [0.2, 0.25) is 5.02 Å². The van der Waals surface area contributed by atoms with Crippen LogP contribution in [0.15, 0.2) is 18.2 Å². The van der Waals surface area contributed by atoms with Gasteiger partial charge in [0.2, 0.25) is 11.8 Å². The van der Waals surface area contributed by atoms with Crippen LogP contribution in [0.5, 0.6) is 0 Å². The lowest BCUT2D eigenvalue weighted by Gasteiger charge is -2.29. The molecule has 0 spiro atoms. The average molecular weight is 343 g/mol. The van der Waals surface area contributed by atoms with Gasteiger partial charge in [0.25, 0.3) is 0 Å². The molecule has 1 aromatic carbocycles. The van der Waals surface area contributed by atoms with Crippen molar-refractivity contribution in [3.05, 3.63) is 34.6 Å². The number of aliphatic hydroxyl groups excluding tert-OH is 1. The number of hydrogen-bond acceptors (Lipinski definition) is 3. The minimum absolute atomic E-state index is 0.0132. The van der Waals surface area contributed by atoms with Crippen LogP contribution in [0.4, 0.5) is 4.39 Å². The van der Waals surface area contributed by atoms with E-state index >= 15 is 0 Å². The van der Waals surface area contributed by atoms with E-state index in [0.717, 1.165) is 0 Å². The lowest BCUT2D eigenvalue weighted by atomic mass is 10.1. The van der Waals surface area contributed by atoms with Gasteiger partial charge >= 0.3 is 0 Å². The molecule has 0 aliphatic carbocycles. The number of rotatable bonds is 5. The average Bonchev–Trinajstić information content (AvgIpc) is 2.54. The topological polar surface area (TPSA) is 69.6 Å². The highest BCUT2D eigenvalue weighted by Gasteiger charge is 2.21. The molecule has 0 aromatic heterocycles. The number of carbonyl (C=O) groups excluding carboxylic acids is 2. The molecule has 2 rings (SSSR count). The van der Waals surface area contributed by atoms with Crippen LogP contribution in [-0.2, 0) is 16.1 Å². The third-order valence-corrected chi connectivity index (χ3v) is 4.15. The number of nitrogens with zero attached hydrogens (tertiary/aromatic N) is 1. The first-order chi connectivity index (χ1) is 11.0. The normalized spacial score (nSPS) is 15.5. The molecular formula is C16H20ClFN2O3. The summed E-state index contributed by atoms with van der Waals surface area (Å²) < 4.78 is 13.0. The predicted molar refractivity (Wildman–Crippen MR) is 84.3 cm³/mol. The van der Waals surface area contributed by atoms with Crippen molar-refractivity contribution < 1.29 is 19.1 Å². The summed E-state index contributed by atoms with van der Waals surface area (Å²) in [6.07, 6.45) is 1.09. The summed E-state index contributed by atoms with van der Waals surface area (Å²) in [7, 11) is 0. The molecule has 1 saturated heterocycles. The van der Waals surface area contributed by atoms with E-state index < -0.39 is 5.82 Å². The molecule has 0 unspecified atom stereocenters. The largest absolute Gasteiger partial charge is 0.393 e. The first-order valence-corrected chi connectivity index (χ1v) is 8.00. The number of carbonyl (C=O) groups is 2. The van der Waals surface area contributed by atoms with E-state index in [1.165, 1.54) is 12.1 Å². The zero-order chi connectivity index (χ0) is 16.8. The quantitative estimate of drug-likeness (QED) is 0.858. The van der Waals surface area contributed by atoms with E-state index in [4.69, 9.17) is 11.6 Å². The maximum atomic E-state index is 13.0. The highest BCUT2D eigenvalue weighted by atomic mass is 35.5. The van der Waals surface area contributed by atoms with Crippen molar-refractivity contribution in [2.75, 3.05) is 13.1 Å². The van der Waals surface area contributed by atoms with Gasteiger partial charge in [-0.1, -0.05) is 17.7 Å². The van der Waals surface area contributed by atoms with Crippen molar-refractivity contribution in [2.24, 2.45) is 0 Å². The summed E-state index contributed by atoms with van der Waals surface area (Å²) in [5.41, 5.74) is 0.695. The molecular weight excluding hydrogens is 323 g/mol. The summed E-state index contributed by atoms with van der Waals surface area (Å²) in [5, 5.41) is 12.1. The van der Waals surface area contributed by atoms with Gasteiger partial charge in [0, 0.05) is 32.5 Å². The monoisotopic (exact) mass is 342 g/mol. The van der Waals surface area contributed by atoms with Gasteiger partial charge < -0.3 is 15.3 Å². The third-order valence-electron chi connectivity index (χ3n) is 3.86. The minimum Gasteiger partial charge on any atom is -0.393 e. The maximum Gasteiger partial charge on any atom is 0.223 e. The highest BCUT2D eigenvalue weighted by molar-refractivity contribution is 6.30. The molecule has 1 aliphatic heterocycles. The smallest absolute Gasteiger partial charge is 0.223 e. The molecule has 0 saturated carbocycles. The molecule has 5 nitrogen and oxygen atoms in total. The summed E-state index contributed by atoms with van der Waals surface area (Å²) in [6, 6.07) is 4.26. The van der Waals surface area contributed by atoms with Gasteiger partial charge in [-0.05, 0) is 30.5 Å². The molecule has 0 bridgehead atoms. The molecule has 0 radical (unpaired) electrons. The Morgan fingerprint density at radius 1 is 1.30 bits per heavy atom. The molecule has 1 fully saturated rings. The fourth-order valence-corrected chi connectivity index (χ4v) is 2.64. The molecule has 0 atom stereocenters. The zero-order valence-electron chi connectivity index (χ0n) is 12.7. The van der Waals surface area contributed by atoms with Crippen LogP contribution in [0.25, 0.3) is 0 Å². The van der Waals surface area contributed by atoms with Gasteiger partial charge in [-0.2, -0.15) is 0 Å². The van der Waals surface area contributed by atoms with Crippen LogP contribution in [0, 0.1) is 5.82 Å². The number of hydrogen-bond donors (Lipinski definition) is 2. The SMILES string of the molecule is O=C(CCC(=O)N1CCC(O)CC1)NCc1ccc(F)c(Cl)c1. The van der Waals surface area contributed by atoms with Crippen molar-refractivity contribution in [1.29, 1.82) is 0 Å². The molecule has 1 aromatic rings. The Kier molecular flexibility index (Phi) is 6.36. The van der Waals surface area contributed by atoms with E-state index in [1.807, 2.05) is 0 Å². The van der Waals surface area contributed by atoms with Crippen molar-refractivity contribution in [1.82, 2.24) is 10.2 Å². The Bertz CT molecular complexity index is 574. The predicted octanol–water partition coefficient (Wildman–Crippen LogP) is 1.86. The molecule has 7 heteroatoms. The standard InChI is InChI=1S/C16H20ClFN2O3/c17-13-9-11(1-2-14(13)18)10-19-15(22)3-4-16(23)20-7-5-12(21)6-8-20/h1-2,9,12,21H,3-8,10H2,(H,19,22). The second-order valence-corrected chi connectivity index (χ2v) is 6.04. The first-order valence-electron chi connectivity index (χ1n) is 7.62. The fraction of sp³-hybridized carbons (Fsp3) is 0.500. The van der Waals surface area contributed by atoms with E-state index in [2.05, 4.69) is 5.32 Å². The lowest BCUT2D eigenvalue weighted by molar-refractivity contribution is -0.135. The van der Waals surface area contributed by atoms with E-state index in [0.29, 0.717) is 31.5 Å². The molecule has 1 heterocycles. The highest BCUT2D eigenvalue weighted by Crippen LogP contribution is 2.16. The summed E-state index contributed by atoms with van der Waals surface area (Å²) in [5.74, 6) is -0.813. The minimum atomic E-state index is -0.501. The molecule has 2 amide bonds. The number of piperidine rings is 1. The Labute approximate surface area is 139 Å². The molecule has 1 aliphatic rings. The fourth-order valence-electron chi connectivity index (χ4n) is 2.43. The van der Waals surface area contributed by atoms with Crippen molar-refractivity contribution in [3.63, 3.8) is 0 Å². The summed E-state index contributed by atoms with van der Waals surface area (Å²) in [6.45, 7) is 1.31. The maximum absolute atomic E-state index is 13.0. The molecule has 126 valence electrons. The Morgan fingerprint density at radius 3 is 2.65 bits per heavy atom. The Morgan fingerprint density at radius 2 is 2.00 bits per heavy atom. The van der Waals surface area contributed by atoms with Crippen LogP contribution in [0.1, 0.15) is 31.2 Å². The number of nitrogens with one attached hydrogen (secondary N) is 1. The van der Waals surface area contributed by atoms with Gasteiger partial charge in [-0.3, -0.25) is 9.59 Å². The van der Waals surface area contributed by atoms with Crippen LogP contribution >= 0.6 is 11.6 Å². The number of benzene rings is 1. The van der Waals surface area contributed by atoms with Crippen LogP contribution in [-0.4, -0.2) is 41.0 Å². The summed E-state index contributed by atoms with van der Waals surface area (Å²) in [4.78, 5) is 25.4. The summed E-state index contributed by atoms with van der Waals surface area (Å²) >= 11 is 5.67. The first kappa shape index (κ1) is 17.7. The van der Waals surface area contributed by atoms with E-state index in [9.17, 15) is 19.1 Å². The van der Waals surface area contributed by atoms with Gasteiger partial charge in [-0.25, -0.2) is 4.39 Å². The zero-order valence-corrected chi connectivity index (χ0v) is 13.5. The second-order valence-electron chi connectivity index (χ2n) is 5.64. The van der Waals surface area contributed by atoms with Gasteiger partial charge in [0.1, 0.15) is 5.82 Å². The van der Waals surface area contributed by atoms with E-state index in [1.54, 1.807) is 11.0 Å². The lowest BCUT2D eigenvalue weighted by Crippen LogP contribution is -2.40.